The molecule has 0 atom stereocenters. The van der Waals surface area contributed by atoms with Crippen LogP contribution in [0.1, 0.15) is 16.8 Å². The van der Waals surface area contributed by atoms with Crippen molar-refractivity contribution in [2.45, 2.75) is 33.4 Å². The standard InChI is InChI=1S/C18H20Cl2N6O/c1-10-8-13(19)25-5-4-12-9-21-18(23-15(12)16(10)25)22-14-11(2)26(6-7-27-3)24-17(14)20/h8-9H,4-7H2,1-3H3,(H,21,22,23). The number of hydrogen-bond acceptors (Lipinski definition) is 5. The lowest BCUT2D eigenvalue weighted by molar-refractivity contribution is 0.183. The lowest BCUT2D eigenvalue weighted by Gasteiger charge is -2.20. The molecule has 3 aromatic rings. The number of ether oxygens (including phenoxy) is 1. The summed E-state index contributed by atoms with van der Waals surface area (Å²) in [7, 11) is 1.66. The highest BCUT2D eigenvalue weighted by molar-refractivity contribution is 6.32. The van der Waals surface area contributed by atoms with Gasteiger partial charge in [0.25, 0.3) is 0 Å². The highest BCUT2D eigenvalue weighted by Gasteiger charge is 2.23. The Morgan fingerprint density at radius 1 is 1.30 bits per heavy atom. The number of hydrogen-bond donors (Lipinski definition) is 1. The number of methoxy groups -OCH3 is 1. The number of nitrogens with one attached hydrogen (secondary N) is 1. The molecule has 4 heterocycles. The van der Waals surface area contributed by atoms with Crippen molar-refractivity contribution in [2.24, 2.45) is 0 Å². The third-order valence-electron chi connectivity index (χ3n) is 4.84. The van der Waals surface area contributed by atoms with Crippen LogP contribution in [0.4, 0.5) is 11.6 Å². The average Bonchev–Trinajstić information content (AvgIpc) is 3.10. The number of fused-ring (bicyclic) bond motifs is 3. The molecule has 0 bridgehead atoms. The molecule has 1 aliphatic rings. The fraction of sp³-hybridized carbons (Fsp3) is 0.389. The Kier molecular flexibility index (Phi) is 4.84. The van der Waals surface area contributed by atoms with Crippen LogP contribution < -0.4 is 5.32 Å². The van der Waals surface area contributed by atoms with Crippen molar-refractivity contribution >= 4 is 34.8 Å². The number of halogens is 2. The topological polar surface area (TPSA) is 69.8 Å². The molecule has 0 aliphatic carbocycles. The van der Waals surface area contributed by atoms with E-state index in [-0.39, 0.29) is 0 Å². The summed E-state index contributed by atoms with van der Waals surface area (Å²) >= 11 is 12.7. The van der Waals surface area contributed by atoms with Gasteiger partial charge in [-0.2, -0.15) is 5.10 Å². The van der Waals surface area contributed by atoms with Crippen LogP contribution in [0.15, 0.2) is 12.3 Å². The average molecular weight is 407 g/mol. The predicted octanol–water partition coefficient (Wildman–Crippen LogP) is 4.01. The minimum atomic E-state index is 0.382. The second-order valence-corrected chi connectivity index (χ2v) is 7.31. The summed E-state index contributed by atoms with van der Waals surface area (Å²) in [6.45, 7) is 6.01. The summed E-state index contributed by atoms with van der Waals surface area (Å²) in [5, 5.41) is 8.69. The van der Waals surface area contributed by atoms with Gasteiger partial charge in [-0.25, -0.2) is 9.97 Å². The Morgan fingerprint density at radius 2 is 2.11 bits per heavy atom. The van der Waals surface area contributed by atoms with Crippen LogP contribution in [0, 0.1) is 13.8 Å². The van der Waals surface area contributed by atoms with Gasteiger partial charge in [0.15, 0.2) is 5.15 Å². The van der Waals surface area contributed by atoms with E-state index >= 15 is 0 Å². The van der Waals surface area contributed by atoms with Gasteiger partial charge in [0.2, 0.25) is 5.95 Å². The summed E-state index contributed by atoms with van der Waals surface area (Å²) in [5.74, 6) is 0.482. The fourth-order valence-corrected chi connectivity index (χ4v) is 4.03. The van der Waals surface area contributed by atoms with Gasteiger partial charge >= 0.3 is 0 Å². The highest BCUT2D eigenvalue weighted by Crippen LogP contribution is 2.36. The number of aromatic nitrogens is 5. The van der Waals surface area contributed by atoms with Crippen LogP contribution in [-0.4, -0.2) is 38.0 Å². The molecular weight excluding hydrogens is 387 g/mol. The Hall–Kier alpha value is -2.09. The van der Waals surface area contributed by atoms with Crippen LogP contribution in [0.5, 0.6) is 0 Å². The van der Waals surface area contributed by atoms with Gasteiger partial charge in [0.05, 0.1) is 30.2 Å². The first kappa shape index (κ1) is 18.3. The quantitative estimate of drug-likeness (QED) is 0.692. The van der Waals surface area contributed by atoms with Crippen molar-refractivity contribution in [2.75, 3.05) is 19.0 Å². The first-order valence-corrected chi connectivity index (χ1v) is 9.46. The number of nitrogens with zero attached hydrogens (tertiary/aromatic N) is 5. The second kappa shape index (κ2) is 7.14. The molecule has 142 valence electrons. The van der Waals surface area contributed by atoms with Crippen LogP contribution in [-0.2, 0) is 24.2 Å². The zero-order valence-electron chi connectivity index (χ0n) is 15.4. The summed E-state index contributed by atoms with van der Waals surface area (Å²) in [4.78, 5) is 9.22. The molecule has 0 spiro atoms. The van der Waals surface area contributed by atoms with Crippen molar-refractivity contribution in [1.29, 1.82) is 0 Å². The molecule has 0 saturated heterocycles. The summed E-state index contributed by atoms with van der Waals surface area (Å²) in [6.07, 6.45) is 2.72. The summed E-state index contributed by atoms with van der Waals surface area (Å²) in [6, 6.07) is 1.97. The van der Waals surface area contributed by atoms with Crippen LogP contribution in [0.25, 0.3) is 11.4 Å². The lowest BCUT2D eigenvalue weighted by atomic mass is 10.0. The molecule has 1 N–H and O–H groups in total. The van der Waals surface area contributed by atoms with E-state index in [0.717, 1.165) is 46.3 Å². The Balaban J connectivity index is 1.69. The van der Waals surface area contributed by atoms with E-state index < -0.39 is 0 Å². The zero-order chi connectivity index (χ0) is 19.1. The van der Waals surface area contributed by atoms with Crippen LogP contribution >= 0.6 is 23.2 Å². The molecule has 3 aromatic heterocycles. The molecule has 0 fully saturated rings. The van der Waals surface area contributed by atoms with E-state index in [1.54, 1.807) is 7.11 Å². The van der Waals surface area contributed by atoms with E-state index in [0.29, 0.717) is 29.9 Å². The van der Waals surface area contributed by atoms with Gasteiger partial charge in [-0.1, -0.05) is 23.2 Å². The maximum absolute atomic E-state index is 6.35. The van der Waals surface area contributed by atoms with Crippen LogP contribution in [0.2, 0.25) is 10.3 Å². The highest BCUT2D eigenvalue weighted by atomic mass is 35.5. The molecule has 9 heteroatoms. The minimum absolute atomic E-state index is 0.382. The number of aryl methyl sites for hydroxylation is 2. The molecule has 7 nitrogen and oxygen atoms in total. The smallest absolute Gasteiger partial charge is 0.227 e. The molecule has 0 aromatic carbocycles. The Labute approximate surface area is 167 Å². The third-order valence-corrected chi connectivity index (χ3v) is 5.42. The van der Waals surface area contributed by atoms with E-state index in [1.165, 1.54) is 0 Å². The largest absolute Gasteiger partial charge is 0.383 e. The minimum Gasteiger partial charge on any atom is -0.383 e. The van der Waals surface area contributed by atoms with E-state index in [4.69, 9.17) is 32.9 Å². The van der Waals surface area contributed by atoms with Gasteiger partial charge in [-0.3, -0.25) is 4.68 Å². The van der Waals surface area contributed by atoms with E-state index in [2.05, 4.69) is 20.0 Å². The monoisotopic (exact) mass is 406 g/mol. The third kappa shape index (κ3) is 3.20. The molecule has 0 amide bonds. The Bertz CT molecular complexity index is 1010. The van der Waals surface area contributed by atoms with Crippen molar-refractivity contribution < 1.29 is 4.74 Å². The van der Waals surface area contributed by atoms with Crippen molar-refractivity contribution in [3.8, 4) is 11.4 Å². The maximum atomic E-state index is 6.35. The first-order chi connectivity index (χ1) is 13.0. The maximum Gasteiger partial charge on any atom is 0.227 e. The fourth-order valence-electron chi connectivity index (χ4n) is 3.42. The Morgan fingerprint density at radius 3 is 2.89 bits per heavy atom. The molecule has 27 heavy (non-hydrogen) atoms. The van der Waals surface area contributed by atoms with Gasteiger partial charge in [-0.15, -0.1) is 0 Å². The molecule has 0 saturated carbocycles. The summed E-state index contributed by atoms with van der Waals surface area (Å²) in [5.41, 5.74) is 5.78. The van der Waals surface area contributed by atoms with Gasteiger partial charge < -0.3 is 14.6 Å². The number of anilines is 2. The normalized spacial score (nSPS) is 12.8. The SMILES string of the molecule is COCCn1nc(Cl)c(Nc2ncc3c(n2)-c2c(C)cc(Cl)n2CC3)c1C. The second-order valence-electron chi connectivity index (χ2n) is 6.56. The molecular formula is C18H20Cl2N6O. The van der Waals surface area contributed by atoms with Gasteiger partial charge in [0.1, 0.15) is 10.8 Å². The lowest BCUT2D eigenvalue weighted by Crippen LogP contribution is -2.14. The van der Waals surface area contributed by atoms with Crippen molar-refractivity contribution in [3.05, 3.63) is 39.4 Å². The zero-order valence-corrected chi connectivity index (χ0v) is 16.9. The van der Waals surface area contributed by atoms with E-state index in [9.17, 15) is 0 Å². The molecule has 1 aliphatic heterocycles. The van der Waals surface area contributed by atoms with Crippen molar-refractivity contribution in [1.82, 2.24) is 24.3 Å². The predicted molar refractivity (Wildman–Crippen MR) is 106 cm³/mol. The van der Waals surface area contributed by atoms with E-state index in [1.807, 2.05) is 30.8 Å². The van der Waals surface area contributed by atoms with Gasteiger partial charge in [0, 0.05) is 25.4 Å². The first-order valence-electron chi connectivity index (χ1n) is 8.70. The summed E-state index contributed by atoms with van der Waals surface area (Å²) < 4.78 is 9.02. The molecule has 0 radical (unpaired) electrons. The number of rotatable bonds is 5. The van der Waals surface area contributed by atoms with Crippen molar-refractivity contribution in [3.63, 3.8) is 0 Å². The molecule has 4 rings (SSSR count). The van der Waals surface area contributed by atoms with Crippen LogP contribution in [0.3, 0.4) is 0 Å². The molecule has 0 unspecified atom stereocenters. The van der Waals surface area contributed by atoms with Gasteiger partial charge in [-0.05, 0) is 31.9 Å².